The first-order valence-electron chi connectivity index (χ1n) is 12.0. The molecule has 3 rings (SSSR count). The second-order valence-corrected chi connectivity index (χ2v) is 8.83. The number of hydrogen-bond donors (Lipinski definition) is 0. The standard InChI is InChI=1S/C27H39NO/c1-3-5-6-7-19-29-26-16-14-25(15-17-26)27-18-13-24(21-28-27)12-11-23-10-8-9-22(4-2)20-23/h13-18,21-23H,3-12,19-20H2,1-2H3. The molecule has 2 unspecified atom stereocenters. The van der Waals surface area contributed by atoms with Crippen LogP contribution in [0.4, 0.5) is 0 Å². The molecule has 29 heavy (non-hydrogen) atoms. The van der Waals surface area contributed by atoms with Gasteiger partial charge in [0.25, 0.3) is 0 Å². The highest BCUT2D eigenvalue weighted by molar-refractivity contribution is 5.60. The maximum absolute atomic E-state index is 5.85. The fourth-order valence-corrected chi connectivity index (χ4v) is 4.59. The number of unbranched alkanes of at least 4 members (excludes halogenated alkanes) is 3. The van der Waals surface area contributed by atoms with Crippen molar-refractivity contribution in [2.75, 3.05) is 6.61 Å². The lowest BCUT2D eigenvalue weighted by Crippen LogP contribution is -2.15. The molecule has 0 radical (unpaired) electrons. The molecule has 0 aliphatic heterocycles. The molecule has 1 aromatic heterocycles. The zero-order valence-electron chi connectivity index (χ0n) is 18.5. The first kappa shape index (κ1) is 21.9. The maximum atomic E-state index is 5.85. The minimum atomic E-state index is 0.812. The van der Waals surface area contributed by atoms with Crippen molar-refractivity contribution in [1.29, 1.82) is 0 Å². The van der Waals surface area contributed by atoms with Crippen molar-refractivity contribution in [2.45, 2.75) is 84.5 Å². The Bertz CT molecular complexity index is 691. The molecular formula is C27H39NO. The molecule has 2 nitrogen and oxygen atoms in total. The van der Waals surface area contributed by atoms with E-state index in [0.29, 0.717) is 0 Å². The minimum Gasteiger partial charge on any atom is -0.494 e. The van der Waals surface area contributed by atoms with Gasteiger partial charge in [0, 0.05) is 11.8 Å². The van der Waals surface area contributed by atoms with Gasteiger partial charge in [0.2, 0.25) is 0 Å². The summed E-state index contributed by atoms with van der Waals surface area (Å²) in [7, 11) is 0. The third-order valence-corrected chi connectivity index (χ3v) is 6.55. The SMILES string of the molecule is CCCCCCOc1ccc(-c2ccc(CCC3CCCC(CC)C3)cn2)cc1. The van der Waals surface area contributed by atoms with Crippen LogP contribution < -0.4 is 4.74 Å². The van der Waals surface area contributed by atoms with E-state index in [0.717, 1.165) is 41.9 Å². The van der Waals surface area contributed by atoms with E-state index in [1.165, 1.54) is 69.8 Å². The lowest BCUT2D eigenvalue weighted by molar-refractivity contribution is 0.250. The van der Waals surface area contributed by atoms with Crippen LogP contribution in [0.15, 0.2) is 42.6 Å². The van der Waals surface area contributed by atoms with E-state index in [2.05, 4.69) is 56.4 Å². The number of hydrogen-bond acceptors (Lipinski definition) is 2. The van der Waals surface area contributed by atoms with E-state index in [1.54, 1.807) is 0 Å². The molecule has 1 aliphatic rings. The summed E-state index contributed by atoms with van der Waals surface area (Å²) in [6.45, 7) is 5.40. The molecule has 0 bridgehead atoms. The normalized spacial score (nSPS) is 19.2. The zero-order valence-corrected chi connectivity index (χ0v) is 18.5. The van der Waals surface area contributed by atoms with Crippen molar-refractivity contribution >= 4 is 0 Å². The predicted octanol–water partition coefficient (Wildman–Crippen LogP) is 7.86. The summed E-state index contributed by atoms with van der Waals surface area (Å²) < 4.78 is 5.85. The van der Waals surface area contributed by atoms with Crippen molar-refractivity contribution in [1.82, 2.24) is 4.98 Å². The molecule has 1 heterocycles. The highest BCUT2D eigenvalue weighted by atomic mass is 16.5. The topological polar surface area (TPSA) is 22.1 Å². The average molecular weight is 394 g/mol. The molecule has 1 fully saturated rings. The van der Waals surface area contributed by atoms with E-state index in [1.807, 2.05) is 0 Å². The second-order valence-electron chi connectivity index (χ2n) is 8.83. The number of benzene rings is 1. The van der Waals surface area contributed by atoms with Gasteiger partial charge in [0.05, 0.1) is 12.3 Å². The molecule has 2 aromatic rings. The largest absolute Gasteiger partial charge is 0.494 e. The number of ether oxygens (including phenoxy) is 1. The van der Waals surface area contributed by atoms with Crippen LogP contribution in [0.1, 0.15) is 83.6 Å². The Morgan fingerprint density at radius 3 is 2.48 bits per heavy atom. The van der Waals surface area contributed by atoms with Gasteiger partial charge in [-0.15, -0.1) is 0 Å². The number of pyridine rings is 1. The summed E-state index contributed by atoms with van der Waals surface area (Å²) in [6, 6.07) is 12.8. The second kappa shape index (κ2) is 12.0. The number of nitrogens with zero attached hydrogens (tertiary/aromatic N) is 1. The Morgan fingerprint density at radius 2 is 1.76 bits per heavy atom. The lowest BCUT2D eigenvalue weighted by atomic mass is 9.78. The maximum Gasteiger partial charge on any atom is 0.119 e. The monoisotopic (exact) mass is 393 g/mol. The number of aryl methyl sites for hydroxylation is 1. The van der Waals surface area contributed by atoms with Crippen LogP contribution in [0, 0.1) is 11.8 Å². The summed E-state index contributed by atoms with van der Waals surface area (Å²) >= 11 is 0. The van der Waals surface area contributed by atoms with Crippen molar-refractivity contribution in [2.24, 2.45) is 11.8 Å². The van der Waals surface area contributed by atoms with Gasteiger partial charge in [-0.25, -0.2) is 0 Å². The van der Waals surface area contributed by atoms with Gasteiger partial charge in [-0.3, -0.25) is 4.98 Å². The summed E-state index contributed by atoms with van der Waals surface area (Å²) in [5.41, 5.74) is 3.58. The molecule has 1 saturated carbocycles. The van der Waals surface area contributed by atoms with Gasteiger partial charge >= 0.3 is 0 Å². The van der Waals surface area contributed by atoms with E-state index in [4.69, 9.17) is 9.72 Å². The van der Waals surface area contributed by atoms with Gasteiger partial charge < -0.3 is 4.74 Å². The third-order valence-electron chi connectivity index (χ3n) is 6.55. The van der Waals surface area contributed by atoms with Crippen molar-refractivity contribution in [3.63, 3.8) is 0 Å². The molecular weight excluding hydrogens is 354 g/mol. The van der Waals surface area contributed by atoms with Crippen molar-refractivity contribution in [3.05, 3.63) is 48.2 Å². The van der Waals surface area contributed by atoms with Gasteiger partial charge in [0.1, 0.15) is 5.75 Å². The van der Waals surface area contributed by atoms with Gasteiger partial charge in [-0.1, -0.05) is 64.9 Å². The van der Waals surface area contributed by atoms with E-state index >= 15 is 0 Å². The van der Waals surface area contributed by atoms with Gasteiger partial charge in [-0.2, -0.15) is 0 Å². The predicted molar refractivity (Wildman–Crippen MR) is 123 cm³/mol. The van der Waals surface area contributed by atoms with Gasteiger partial charge in [-0.05, 0) is 73.4 Å². The van der Waals surface area contributed by atoms with Crippen LogP contribution in [0.5, 0.6) is 5.75 Å². The highest BCUT2D eigenvalue weighted by Gasteiger charge is 2.20. The summed E-state index contributed by atoms with van der Waals surface area (Å²) in [5, 5.41) is 0. The molecule has 158 valence electrons. The van der Waals surface area contributed by atoms with Crippen molar-refractivity contribution in [3.8, 4) is 17.0 Å². The van der Waals surface area contributed by atoms with Crippen LogP contribution in [0.2, 0.25) is 0 Å². The molecule has 0 N–H and O–H groups in total. The van der Waals surface area contributed by atoms with Crippen LogP contribution in [-0.4, -0.2) is 11.6 Å². The fourth-order valence-electron chi connectivity index (χ4n) is 4.59. The Morgan fingerprint density at radius 1 is 0.931 bits per heavy atom. The third kappa shape index (κ3) is 7.17. The molecule has 0 amide bonds. The Balaban J connectivity index is 1.45. The van der Waals surface area contributed by atoms with Crippen LogP contribution in [0.25, 0.3) is 11.3 Å². The fraction of sp³-hybridized carbons (Fsp3) is 0.593. The molecule has 2 heteroatoms. The number of rotatable bonds is 11. The Kier molecular flexibility index (Phi) is 9.05. The average Bonchev–Trinajstić information content (AvgIpc) is 2.78. The number of aromatic nitrogens is 1. The smallest absolute Gasteiger partial charge is 0.119 e. The Labute approximate surface area is 178 Å². The first-order valence-corrected chi connectivity index (χ1v) is 12.0. The first-order chi connectivity index (χ1) is 14.3. The molecule has 0 spiro atoms. The molecule has 2 atom stereocenters. The summed E-state index contributed by atoms with van der Waals surface area (Å²) in [5.74, 6) is 2.85. The van der Waals surface area contributed by atoms with Crippen LogP contribution >= 0.6 is 0 Å². The summed E-state index contributed by atoms with van der Waals surface area (Å²) in [6.07, 6.45) is 16.6. The summed E-state index contributed by atoms with van der Waals surface area (Å²) in [4.78, 5) is 4.73. The lowest BCUT2D eigenvalue weighted by Gasteiger charge is -2.28. The van der Waals surface area contributed by atoms with E-state index < -0.39 is 0 Å². The van der Waals surface area contributed by atoms with E-state index in [9.17, 15) is 0 Å². The Hall–Kier alpha value is -1.83. The molecule has 1 aromatic carbocycles. The quantitative estimate of drug-likeness (QED) is 0.362. The zero-order chi connectivity index (χ0) is 20.3. The molecule has 1 aliphatic carbocycles. The minimum absolute atomic E-state index is 0.812. The molecule has 0 saturated heterocycles. The highest BCUT2D eigenvalue weighted by Crippen LogP contribution is 2.33. The van der Waals surface area contributed by atoms with Crippen molar-refractivity contribution < 1.29 is 4.74 Å². The van der Waals surface area contributed by atoms with Gasteiger partial charge in [0.15, 0.2) is 0 Å². The van der Waals surface area contributed by atoms with E-state index in [-0.39, 0.29) is 0 Å². The van der Waals surface area contributed by atoms with Crippen LogP contribution in [-0.2, 0) is 6.42 Å². The van der Waals surface area contributed by atoms with Crippen LogP contribution in [0.3, 0.4) is 0 Å².